The van der Waals surface area contributed by atoms with E-state index in [2.05, 4.69) is 42.9 Å². The SMILES string of the molecule is C=C/C(=C/NC)C(C1=CC(C)CN=C1OCC)/C(C)=C/C=C(C#N)\C=C\CC. The first-order valence-corrected chi connectivity index (χ1v) is 9.86. The van der Waals surface area contributed by atoms with Crippen LogP contribution in [0.1, 0.15) is 34.1 Å². The van der Waals surface area contributed by atoms with Crippen LogP contribution >= 0.6 is 0 Å². The van der Waals surface area contributed by atoms with Gasteiger partial charge in [-0.2, -0.15) is 5.26 Å². The Morgan fingerprint density at radius 2 is 2.21 bits per heavy atom. The summed E-state index contributed by atoms with van der Waals surface area (Å²) < 4.78 is 5.84. The van der Waals surface area contributed by atoms with Gasteiger partial charge in [0.1, 0.15) is 0 Å². The normalized spacial score (nSPS) is 19.6. The number of nitrogens with zero attached hydrogens (tertiary/aromatic N) is 2. The van der Waals surface area contributed by atoms with Crippen LogP contribution in [0, 0.1) is 23.2 Å². The van der Waals surface area contributed by atoms with Crippen LogP contribution in [0.4, 0.5) is 0 Å². The molecule has 1 rings (SSSR count). The standard InChI is InChI=1S/C24H33N3O/c1-7-10-11-20(15-25)13-12-19(5)23(21(8-2)17-26-6)22-14-18(4)16-27-24(22)28-9-3/h8,10-14,17-18,23,26H,2,7,9,16H2,1,3-6H3/b11-10+,19-12+,20-13+,21-17-. The lowest BCUT2D eigenvalue weighted by Gasteiger charge is -2.27. The van der Waals surface area contributed by atoms with Crippen molar-refractivity contribution in [2.75, 3.05) is 20.2 Å². The summed E-state index contributed by atoms with van der Waals surface area (Å²) in [6, 6.07) is 2.23. The largest absolute Gasteiger partial charge is 0.478 e. The summed E-state index contributed by atoms with van der Waals surface area (Å²) in [5, 5.41) is 12.5. The van der Waals surface area contributed by atoms with Crippen LogP contribution in [0.5, 0.6) is 0 Å². The van der Waals surface area contributed by atoms with Crippen LogP contribution in [0.3, 0.4) is 0 Å². The lowest BCUT2D eigenvalue weighted by molar-refractivity contribution is 0.321. The van der Waals surface area contributed by atoms with Crippen molar-refractivity contribution in [3.8, 4) is 6.07 Å². The third-order valence-corrected chi connectivity index (χ3v) is 4.35. The fraction of sp³-hybridized carbons (Fsp3) is 0.417. The van der Waals surface area contributed by atoms with Crippen molar-refractivity contribution in [2.45, 2.75) is 34.1 Å². The highest BCUT2D eigenvalue weighted by molar-refractivity contribution is 5.96. The van der Waals surface area contributed by atoms with E-state index in [1.807, 2.05) is 57.5 Å². The number of hydrogen-bond donors (Lipinski definition) is 1. The second-order valence-electron chi connectivity index (χ2n) is 6.70. The molecule has 0 saturated heterocycles. The lowest BCUT2D eigenvalue weighted by atomic mass is 9.82. The van der Waals surface area contributed by atoms with Gasteiger partial charge in [0, 0.05) is 31.3 Å². The molecule has 1 aliphatic rings. The molecule has 2 atom stereocenters. The summed E-state index contributed by atoms with van der Waals surface area (Å²) in [7, 11) is 1.87. The van der Waals surface area contributed by atoms with Crippen molar-refractivity contribution in [2.24, 2.45) is 16.8 Å². The Labute approximate surface area is 170 Å². The molecule has 0 bridgehead atoms. The number of allylic oxidation sites excluding steroid dienone is 8. The number of hydrogen-bond acceptors (Lipinski definition) is 4. The molecule has 0 fully saturated rings. The topological polar surface area (TPSA) is 57.4 Å². The molecule has 28 heavy (non-hydrogen) atoms. The Morgan fingerprint density at radius 1 is 1.46 bits per heavy atom. The average molecular weight is 380 g/mol. The Bertz CT molecular complexity index is 757. The van der Waals surface area contributed by atoms with Gasteiger partial charge >= 0.3 is 0 Å². The third-order valence-electron chi connectivity index (χ3n) is 4.35. The van der Waals surface area contributed by atoms with Crippen molar-refractivity contribution in [3.05, 3.63) is 71.5 Å². The van der Waals surface area contributed by atoms with Gasteiger partial charge in [-0.05, 0) is 43.9 Å². The van der Waals surface area contributed by atoms with Gasteiger partial charge in [-0.15, -0.1) is 0 Å². The first-order chi connectivity index (χ1) is 13.5. The molecule has 1 aliphatic heterocycles. The molecule has 2 unspecified atom stereocenters. The van der Waals surface area contributed by atoms with Crippen LogP contribution < -0.4 is 5.32 Å². The van der Waals surface area contributed by atoms with Gasteiger partial charge in [0.05, 0.1) is 18.2 Å². The number of nitriles is 1. The van der Waals surface area contributed by atoms with Crippen LogP contribution in [-0.4, -0.2) is 26.1 Å². The molecule has 4 heteroatoms. The second-order valence-corrected chi connectivity index (χ2v) is 6.70. The van der Waals surface area contributed by atoms with Crippen LogP contribution in [0.2, 0.25) is 0 Å². The van der Waals surface area contributed by atoms with Gasteiger partial charge in [0.15, 0.2) is 0 Å². The van der Waals surface area contributed by atoms with Crippen molar-refractivity contribution >= 4 is 5.90 Å². The first kappa shape index (κ1) is 23.2. The van der Waals surface area contributed by atoms with E-state index in [-0.39, 0.29) is 5.92 Å². The molecular formula is C24H33N3O. The van der Waals surface area contributed by atoms with Crippen molar-refractivity contribution < 1.29 is 4.74 Å². The van der Waals surface area contributed by atoms with Crippen LogP contribution in [-0.2, 0) is 4.74 Å². The maximum absolute atomic E-state index is 9.35. The highest BCUT2D eigenvalue weighted by atomic mass is 16.5. The number of nitrogens with one attached hydrogen (secondary N) is 1. The Hall–Kier alpha value is -2.80. The summed E-state index contributed by atoms with van der Waals surface area (Å²) in [4.78, 5) is 4.65. The maximum Gasteiger partial charge on any atom is 0.212 e. The molecule has 0 amide bonds. The van der Waals surface area contributed by atoms with E-state index >= 15 is 0 Å². The van der Waals surface area contributed by atoms with E-state index in [9.17, 15) is 5.26 Å². The van der Waals surface area contributed by atoms with E-state index in [0.29, 0.717) is 24.0 Å². The quantitative estimate of drug-likeness (QED) is 0.439. The number of aliphatic imine (C=N–C) groups is 1. The predicted octanol–water partition coefficient (Wildman–Crippen LogP) is 5.27. The highest BCUT2D eigenvalue weighted by Gasteiger charge is 2.27. The molecule has 0 radical (unpaired) electrons. The molecule has 0 aromatic carbocycles. The third kappa shape index (κ3) is 6.74. The highest BCUT2D eigenvalue weighted by Crippen LogP contribution is 2.33. The molecule has 0 aromatic heterocycles. The van der Waals surface area contributed by atoms with E-state index in [1.54, 1.807) is 0 Å². The van der Waals surface area contributed by atoms with Gasteiger partial charge in [-0.3, -0.25) is 4.99 Å². The minimum Gasteiger partial charge on any atom is -0.478 e. The number of dihydropyridines is 1. The zero-order chi connectivity index (χ0) is 20.9. The fourth-order valence-corrected chi connectivity index (χ4v) is 3.04. The number of rotatable bonds is 9. The molecular weight excluding hydrogens is 346 g/mol. The molecule has 0 saturated carbocycles. The maximum atomic E-state index is 9.35. The molecule has 150 valence electrons. The second kappa shape index (κ2) is 12.6. The molecule has 1 N–H and O–H groups in total. The molecule has 0 aliphatic carbocycles. The van der Waals surface area contributed by atoms with Gasteiger partial charge in [-0.25, -0.2) is 0 Å². The average Bonchev–Trinajstić information content (AvgIpc) is 2.69. The Morgan fingerprint density at radius 3 is 2.79 bits per heavy atom. The Balaban J connectivity index is 3.46. The van der Waals surface area contributed by atoms with Gasteiger partial charge < -0.3 is 10.1 Å². The molecule has 0 aromatic rings. The lowest BCUT2D eigenvalue weighted by Crippen LogP contribution is -2.24. The number of ether oxygens (including phenoxy) is 1. The van der Waals surface area contributed by atoms with Gasteiger partial charge in [-0.1, -0.05) is 50.3 Å². The van der Waals surface area contributed by atoms with Gasteiger partial charge in [0.2, 0.25) is 5.90 Å². The summed E-state index contributed by atoms with van der Waals surface area (Å²) in [6.07, 6.45) is 14.6. The van der Waals surface area contributed by atoms with Crippen molar-refractivity contribution in [1.82, 2.24) is 5.32 Å². The van der Waals surface area contributed by atoms with Crippen molar-refractivity contribution in [1.29, 1.82) is 5.26 Å². The van der Waals surface area contributed by atoms with E-state index < -0.39 is 0 Å². The van der Waals surface area contributed by atoms with Crippen LogP contribution in [0.25, 0.3) is 0 Å². The summed E-state index contributed by atoms with van der Waals surface area (Å²) >= 11 is 0. The summed E-state index contributed by atoms with van der Waals surface area (Å²) in [5.74, 6) is 0.981. The van der Waals surface area contributed by atoms with Crippen molar-refractivity contribution in [3.63, 3.8) is 0 Å². The summed E-state index contributed by atoms with van der Waals surface area (Å²) in [6.45, 7) is 13.5. The van der Waals surface area contributed by atoms with E-state index in [4.69, 9.17) is 4.74 Å². The van der Waals surface area contributed by atoms with Crippen LogP contribution in [0.15, 0.2) is 76.5 Å². The smallest absolute Gasteiger partial charge is 0.212 e. The Kier molecular flexibility index (Phi) is 10.4. The first-order valence-electron chi connectivity index (χ1n) is 9.86. The fourth-order valence-electron chi connectivity index (χ4n) is 3.04. The van der Waals surface area contributed by atoms with E-state index in [1.165, 1.54) is 0 Å². The monoisotopic (exact) mass is 379 g/mol. The van der Waals surface area contributed by atoms with E-state index in [0.717, 1.165) is 29.7 Å². The minimum atomic E-state index is -0.0515. The molecule has 4 nitrogen and oxygen atoms in total. The molecule has 1 heterocycles. The predicted molar refractivity (Wildman–Crippen MR) is 119 cm³/mol. The zero-order valence-corrected chi connectivity index (χ0v) is 17.8. The minimum absolute atomic E-state index is 0.0515. The zero-order valence-electron chi connectivity index (χ0n) is 17.8. The molecule has 0 spiro atoms. The summed E-state index contributed by atoms with van der Waals surface area (Å²) in [5.41, 5.74) is 3.79. The van der Waals surface area contributed by atoms with Gasteiger partial charge in [0.25, 0.3) is 0 Å².